The number of hydrogen-bond acceptors (Lipinski definition) is 2. The van der Waals surface area contributed by atoms with Crippen molar-refractivity contribution in [1.82, 2.24) is 5.32 Å². The molecule has 0 unspecified atom stereocenters. The van der Waals surface area contributed by atoms with E-state index in [1.807, 2.05) is 12.1 Å². The van der Waals surface area contributed by atoms with Crippen LogP contribution in [0.4, 0.5) is 10.5 Å². The second-order valence-electron chi connectivity index (χ2n) is 4.90. The highest BCUT2D eigenvalue weighted by atomic mass is 16.2. The van der Waals surface area contributed by atoms with Crippen LogP contribution in [0.5, 0.6) is 0 Å². The lowest BCUT2D eigenvalue weighted by Gasteiger charge is -2.08. The van der Waals surface area contributed by atoms with Gasteiger partial charge in [0.15, 0.2) is 0 Å². The van der Waals surface area contributed by atoms with E-state index in [4.69, 9.17) is 5.73 Å². The molecule has 5 heteroatoms. The summed E-state index contributed by atoms with van der Waals surface area (Å²) in [6.45, 7) is 4.68. The fraction of sp³-hybridized carbons (Fsp3) is 0.429. The molecule has 0 fully saturated rings. The largest absolute Gasteiger partial charge is 0.352 e. The first kappa shape index (κ1) is 15.0. The summed E-state index contributed by atoms with van der Waals surface area (Å²) in [5.41, 5.74) is 6.63. The molecule has 0 atom stereocenters. The van der Waals surface area contributed by atoms with Crippen LogP contribution in [0.15, 0.2) is 24.3 Å². The maximum atomic E-state index is 11.5. The highest BCUT2D eigenvalue weighted by Gasteiger charge is 2.03. The highest BCUT2D eigenvalue weighted by molar-refractivity contribution is 5.87. The zero-order valence-electron chi connectivity index (χ0n) is 11.4. The summed E-state index contributed by atoms with van der Waals surface area (Å²) in [6.07, 6.45) is 1.45. The summed E-state index contributed by atoms with van der Waals surface area (Å²) < 4.78 is 0. The van der Waals surface area contributed by atoms with Crippen LogP contribution in [0.1, 0.15) is 32.3 Å². The summed E-state index contributed by atoms with van der Waals surface area (Å²) in [5, 5.41) is 5.34. The van der Waals surface area contributed by atoms with Crippen LogP contribution in [-0.2, 0) is 11.3 Å². The summed E-state index contributed by atoms with van der Waals surface area (Å²) in [6, 6.07) is 6.60. The molecule has 0 bridgehead atoms. The van der Waals surface area contributed by atoms with Crippen LogP contribution in [-0.4, -0.2) is 11.9 Å². The summed E-state index contributed by atoms with van der Waals surface area (Å²) in [5.74, 6) is 0.595. The standard InChI is InChI=1S/C14H21N3O2/c1-10(2)3-8-13(18)16-9-11-4-6-12(7-5-11)17-14(15)19/h4-7,10H,3,8-9H2,1-2H3,(H,16,18)(H3,15,17,19). The van der Waals surface area contributed by atoms with Crippen molar-refractivity contribution in [3.05, 3.63) is 29.8 Å². The zero-order valence-corrected chi connectivity index (χ0v) is 11.4. The minimum Gasteiger partial charge on any atom is -0.352 e. The maximum absolute atomic E-state index is 11.5. The Morgan fingerprint density at radius 1 is 1.21 bits per heavy atom. The Bertz CT molecular complexity index is 427. The number of carbonyl (C=O) groups is 2. The van der Waals surface area contributed by atoms with Crippen molar-refractivity contribution in [2.24, 2.45) is 11.7 Å². The van der Waals surface area contributed by atoms with E-state index >= 15 is 0 Å². The highest BCUT2D eigenvalue weighted by Crippen LogP contribution is 2.09. The third-order valence-corrected chi connectivity index (χ3v) is 2.66. The summed E-state index contributed by atoms with van der Waals surface area (Å²) >= 11 is 0. The zero-order chi connectivity index (χ0) is 14.3. The van der Waals surface area contributed by atoms with Crippen molar-refractivity contribution in [3.63, 3.8) is 0 Å². The number of urea groups is 1. The van der Waals surface area contributed by atoms with Gasteiger partial charge in [-0.2, -0.15) is 0 Å². The van der Waals surface area contributed by atoms with E-state index in [0.29, 0.717) is 24.6 Å². The maximum Gasteiger partial charge on any atom is 0.316 e. The molecule has 0 saturated carbocycles. The molecule has 104 valence electrons. The SMILES string of the molecule is CC(C)CCC(=O)NCc1ccc(NC(N)=O)cc1. The molecule has 3 amide bonds. The number of nitrogens with one attached hydrogen (secondary N) is 2. The molecule has 0 aromatic heterocycles. The van der Waals surface area contributed by atoms with Gasteiger partial charge in [0.1, 0.15) is 0 Å². The number of primary amides is 1. The minimum absolute atomic E-state index is 0.0630. The van der Waals surface area contributed by atoms with E-state index in [1.165, 1.54) is 0 Å². The Kier molecular flexibility index (Phi) is 5.85. The molecule has 1 aromatic carbocycles. The Balaban J connectivity index is 2.37. The quantitative estimate of drug-likeness (QED) is 0.735. The number of carbonyl (C=O) groups excluding carboxylic acids is 2. The molecular weight excluding hydrogens is 242 g/mol. The van der Waals surface area contributed by atoms with Gasteiger partial charge in [0, 0.05) is 18.7 Å². The molecular formula is C14H21N3O2. The van der Waals surface area contributed by atoms with Crippen LogP contribution in [0, 0.1) is 5.92 Å². The molecule has 19 heavy (non-hydrogen) atoms. The second kappa shape index (κ2) is 7.41. The van der Waals surface area contributed by atoms with Gasteiger partial charge in [-0.3, -0.25) is 4.79 Å². The topological polar surface area (TPSA) is 84.2 Å². The molecule has 5 nitrogen and oxygen atoms in total. The van der Waals surface area contributed by atoms with E-state index in [2.05, 4.69) is 24.5 Å². The van der Waals surface area contributed by atoms with Gasteiger partial charge in [0.25, 0.3) is 0 Å². The minimum atomic E-state index is -0.588. The van der Waals surface area contributed by atoms with Gasteiger partial charge in [0.2, 0.25) is 5.91 Å². The molecule has 0 aliphatic heterocycles. The van der Waals surface area contributed by atoms with Gasteiger partial charge >= 0.3 is 6.03 Å². The smallest absolute Gasteiger partial charge is 0.316 e. The van der Waals surface area contributed by atoms with Gasteiger partial charge in [-0.15, -0.1) is 0 Å². The van der Waals surface area contributed by atoms with Crippen LogP contribution in [0.3, 0.4) is 0 Å². The fourth-order valence-electron chi connectivity index (χ4n) is 1.56. The number of nitrogens with two attached hydrogens (primary N) is 1. The van der Waals surface area contributed by atoms with E-state index in [-0.39, 0.29) is 5.91 Å². The van der Waals surface area contributed by atoms with Crippen LogP contribution < -0.4 is 16.4 Å². The normalized spacial score (nSPS) is 10.3. The predicted molar refractivity (Wildman–Crippen MR) is 75.6 cm³/mol. The molecule has 0 radical (unpaired) electrons. The van der Waals surface area contributed by atoms with Crippen molar-refractivity contribution in [2.45, 2.75) is 33.2 Å². The van der Waals surface area contributed by atoms with E-state index in [9.17, 15) is 9.59 Å². The van der Waals surface area contributed by atoms with Gasteiger partial charge < -0.3 is 16.4 Å². The molecule has 0 spiro atoms. The van der Waals surface area contributed by atoms with Crippen LogP contribution in [0.25, 0.3) is 0 Å². The first-order valence-electron chi connectivity index (χ1n) is 6.39. The van der Waals surface area contributed by atoms with Gasteiger partial charge in [0.05, 0.1) is 0 Å². The average molecular weight is 263 g/mol. The average Bonchev–Trinajstić information content (AvgIpc) is 2.35. The van der Waals surface area contributed by atoms with E-state index in [1.54, 1.807) is 12.1 Å². The lowest BCUT2D eigenvalue weighted by molar-refractivity contribution is -0.121. The number of benzene rings is 1. The lowest BCUT2D eigenvalue weighted by atomic mass is 10.1. The number of anilines is 1. The molecule has 0 aliphatic rings. The molecule has 0 heterocycles. The third-order valence-electron chi connectivity index (χ3n) is 2.66. The third kappa shape index (κ3) is 6.45. The van der Waals surface area contributed by atoms with Crippen molar-refractivity contribution >= 4 is 17.6 Å². The summed E-state index contributed by atoms with van der Waals surface area (Å²) in [4.78, 5) is 22.2. The van der Waals surface area contributed by atoms with Gasteiger partial charge in [-0.25, -0.2) is 4.79 Å². The first-order chi connectivity index (χ1) is 8.97. The van der Waals surface area contributed by atoms with E-state index < -0.39 is 6.03 Å². The van der Waals surface area contributed by atoms with E-state index in [0.717, 1.165) is 12.0 Å². The summed E-state index contributed by atoms with van der Waals surface area (Å²) in [7, 11) is 0. The Morgan fingerprint density at radius 2 is 1.84 bits per heavy atom. The second-order valence-corrected chi connectivity index (χ2v) is 4.90. The molecule has 4 N–H and O–H groups in total. The number of amides is 3. The van der Waals surface area contributed by atoms with Crippen molar-refractivity contribution in [2.75, 3.05) is 5.32 Å². The Morgan fingerprint density at radius 3 is 2.37 bits per heavy atom. The Labute approximate surface area is 113 Å². The van der Waals surface area contributed by atoms with Crippen molar-refractivity contribution in [1.29, 1.82) is 0 Å². The molecule has 1 rings (SSSR count). The lowest BCUT2D eigenvalue weighted by Crippen LogP contribution is -2.23. The number of rotatable bonds is 6. The van der Waals surface area contributed by atoms with Gasteiger partial charge in [-0.05, 0) is 30.0 Å². The van der Waals surface area contributed by atoms with Gasteiger partial charge in [-0.1, -0.05) is 26.0 Å². The Hall–Kier alpha value is -2.04. The van der Waals surface area contributed by atoms with Crippen LogP contribution in [0.2, 0.25) is 0 Å². The molecule has 0 saturated heterocycles. The van der Waals surface area contributed by atoms with Crippen molar-refractivity contribution < 1.29 is 9.59 Å². The van der Waals surface area contributed by atoms with Crippen LogP contribution >= 0.6 is 0 Å². The fourth-order valence-corrected chi connectivity index (χ4v) is 1.56. The first-order valence-corrected chi connectivity index (χ1v) is 6.39. The molecule has 1 aromatic rings. The number of hydrogen-bond donors (Lipinski definition) is 3. The predicted octanol–water partition coefficient (Wildman–Crippen LogP) is 2.23. The molecule has 0 aliphatic carbocycles. The monoisotopic (exact) mass is 263 g/mol. The van der Waals surface area contributed by atoms with Crippen molar-refractivity contribution in [3.8, 4) is 0 Å².